The zero-order chi connectivity index (χ0) is 13.7. The Morgan fingerprint density at radius 2 is 2.21 bits per heavy atom. The van der Waals surface area contributed by atoms with Crippen molar-refractivity contribution in [1.29, 1.82) is 0 Å². The number of hydrogen-bond acceptors (Lipinski definition) is 5. The molecule has 2 aromatic rings. The first kappa shape index (κ1) is 14.0. The zero-order valence-corrected chi connectivity index (χ0v) is 11.8. The van der Waals surface area contributed by atoms with E-state index in [2.05, 4.69) is 5.32 Å². The van der Waals surface area contributed by atoms with Gasteiger partial charge < -0.3 is 20.9 Å². The molecule has 0 unspecified atom stereocenters. The van der Waals surface area contributed by atoms with Crippen molar-refractivity contribution in [2.45, 2.75) is 6.54 Å². The Balaban J connectivity index is 2.09. The molecular weight excluding hydrogens is 284 g/mol. The highest BCUT2D eigenvalue weighted by molar-refractivity contribution is 7.08. The van der Waals surface area contributed by atoms with Gasteiger partial charge in [0.2, 0.25) is 0 Å². The summed E-state index contributed by atoms with van der Waals surface area (Å²) >= 11 is 7.60. The van der Waals surface area contributed by atoms with Crippen LogP contribution >= 0.6 is 22.9 Å². The van der Waals surface area contributed by atoms with Crippen LogP contribution < -0.4 is 15.8 Å². The Bertz CT molecular complexity index is 545. The molecule has 0 aliphatic heterocycles. The van der Waals surface area contributed by atoms with E-state index in [0.29, 0.717) is 18.0 Å². The first-order valence-electron chi connectivity index (χ1n) is 5.78. The number of rotatable bonds is 6. The number of thiophene rings is 1. The van der Waals surface area contributed by atoms with Crippen LogP contribution in [0.25, 0.3) is 0 Å². The maximum absolute atomic E-state index is 8.80. The summed E-state index contributed by atoms with van der Waals surface area (Å²) in [6.07, 6.45) is 0. The molecule has 1 heterocycles. The number of aliphatic hydroxyl groups excluding tert-OH is 1. The van der Waals surface area contributed by atoms with Crippen LogP contribution in [0.1, 0.15) is 5.56 Å². The molecule has 19 heavy (non-hydrogen) atoms. The predicted molar refractivity (Wildman–Crippen MR) is 80.1 cm³/mol. The molecule has 0 spiro atoms. The Morgan fingerprint density at radius 3 is 2.89 bits per heavy atom. The van der Waals surface area contributed by atoms with Crippen molar-refractivity contribution in [1.82, 2.24) is 0 Å². The van der Waals surface area contributed by atoms with E-state index in [1.165, 1.54) is 0 Å². The third-order valence-electron chi connectivity index (χ3n) is 2.51. The summed E-state index contributed by atoms with van der Waals surface area (Å²) in [4.78, 5) is 0. The molecule has 0 aliphatic rings. The van der Waals surface area contributed by atoms with E-state index >= 15 is 0 Å². The lowest BCUT2D eigenvalue weighted by Gasteiger charge is -2.13. The first-order chi connectivity index (χ1) is 9.20. The van der Waals surface area contributed by atoms with Crippen LogP contribution in [0, 0.1) is 0 Å². The molecule has 1 aromatic heterocycles. The van der Waals surface area contributed by atoms with Crippen molar-refractivity contribution in [3.05, 3.63) is 39.5 Å². The highest BCUT2D eigenvalue weighted by atomic mass is 35.5. The van der Waals surface area contributed by atoms with E-state index < -0.39 is 0 Å². The Hall–Kier alpha value is -1.43. The summed E-state index contributed by atoms with van der Waals surface area (Å²) < 4.78 is 5.44. The van der Waals surface area contributed by atoms with E-state index in [1.807, 2.05) is 10.8 Å². The normalized spacial score (nSPS) is 10.4. The fourth-order valence-corrected chi connectivity index (χ4v) is 2.65. The molecule has 0 atom stereocenters. The van der Waals surface area contributed by atoms with E-state index in [4.69, 9.17) is 27.2 Å². The van der Waals surface area contributed by atoms with Gasteiger partial charge in [0.05, 0.1) is 17.3 Å². The summed E-state index contributed by atoms with van der Waals surface area (Å²) in [6.45, 7) is 0.819. The summed E-state index contributed by atoms with van der Waals surface area (Å²) in [5, 5.41) is 16.7. The van der Waals surface area contributed by atoms with Crippen molar-refractivity contribution in [3.8, 4) is 5.75 Å². The maximum atomic E-state index is 8.80. The summed E-state index contributed by atoms with van der Waals surface area (Å²) in [7, 11) is 0. The topological polar surface area (TPSA) is 67.5 Å². The summed E-state index contributed by atoms with van der Waals surface area (Å²) in [5.41, 5.74) is 8.23. The number of nitrogens with one attached hydrogen (secondary N) is 1. The lowest BCUT2D eigenvalue weighted by Crippen LogP contribution is -2.06. The fraction of sp³-hybridized carbons (Fsp3) is 0.231. The van der Waals surface area contributed by atoms with Crippen molar-refractivity contribution < 1.29 is 9.84 Å². The van der Waals surface area contributed by atoms with Crippen LogP contribution in [0.2, 0.25) is 5.02 Å². The third-order valence-corrected chi connectivity index (χ3v) is 3.78. The minimum Gasteiger partial charge on any atom is -0.489 e. The number of halogens is 1. The van der Waals surface area contributed by atoms with Gasteiger partial charge in [-0.15, -0.1) is 0 Å². The van der Waals surface area contributed by atoms with Crippen molar-refractivity contribution in [2.75, 3.05) is 24.3 Å². The second-order valence-electron chi connectivity index (χ2n) is 3.93. The summed E-state index contributed by atoms with van der Waals surface area (Å²) in [6, 6.07) is 5.34. The van der Waals surface area contributed by atoms with Gasteiger partial charge in [-0.3, -0.25) is 0 Å². The van der Waals surface area contributed by atoms with Crippen LogP contribution in [-0.2, 0) is 6.54 Å². The number of benzene rings is 1. The van der Waals surface area contributed by atoms with Gasteiger partial charge in [0, 0.05) is 23.2 Å². The van der Waals surface area contributed by atoms with Gasteiger partial charge in [-0.2, -0.15) is 11.3 Å². The average molecular weight is 299 g/mol. The van der Waals surface area contributed by atoms with Crippen LogP contribution in [0.5, 0.6) is 5.75 Å². The van der Waals surface area contributed by atoms with Gasteiger partial charge in [-0.1, -0.05) is 11.6 Å². The van der Waals surface area contributed by atoms with E-state index in [-0.39, 0.29) is 13.2 Å². The smallest absolute Gasteiger partial charge is 0.142 e. The number of hydrogen-bond donors (Lipinski definition) is 3. The summed E-state index contributed by atoms with van der Waals surface area (Å²) in [5.74, 6) is 0.662. The molecular formula is C13H15ClN2O2S. The minimum absolute atomic E-state index is 0.0276. The maximum Gasteiger partial charge on any atom is 0.142 e. The molecule has 6 heteroatoms. The van der Waals surface area contributed by atoms with Crippen LogP contribution in [0.3, 0.4) is 0 Å². The zero-order valence-electron chi connectivity index (χ0n) is 10.2. The van der Waals surface area contributed by atoms with Gasteiger partial charge in [0.25, 0.3) is 0 Å². The van der Waals surface area contributed by atoms with E-state index in [9.17, 15) is 0 Å². The van der Waals surface area contributed by atoms with Crippen LogP contribution in [0.15, 0.2) is 29.0 Å². The molecule has 102 valence electrons. The number of ether oxygens (including phenoxy) is 1. The minimum atomic E-state index is -0.0276. The highest BCUT2D eigenvalue weighted by Gasteiger charge is 2.06. The molecule has 0 aliphatic carbocycles. The third kappa shape index (κ3) is 3.76. The van der Waals surface area contributed by atoms with Gasteiger partial charge in [-0.25, -0.2) is 0 Å². The Morgan fingerprint density at radius 1 is 1.37 bits per heavy atom. The number of anilines is 2. The number of nitrogen functional groups attached to an aromatic ring is 1. The molecule has 0 radical (unpaired) electrons. The Kier molecular flexibility index (Phi) is 4.90. The van der Waals surface area contributed by atoms with Crippen LogP contribution in [0.4, 0.5) is 11.4 Å². The molecule has 0 saturated carbocycles. The first-order valence-corrected chi connectivity index (χ1v) is 7.10. The van der Waals surface area contributed by atoms with Gasteiger partial charge >= 0.3 is 0 Å². The van der Waals surface area contributed by atoms with E-state index in [1.54, 1.807) is 29.5 Å². The standard InChI is InChI=1S/C13H15ClN2O2S/c14-11-8-19-7-9(11)6-16-12-5-10(15)1-2-13(12)18-4-3-17/h1-2,5,7-8,16-17H,3-4,6,15H2. The number of nitrogens with two attached hydrogens (primary N) is 1. The monoisotopic (exact) mass is 298 g/mol. The van der Waals surface area contributed by atoms with Crippen molar-refractivity contribution >= 4 is 34.3 Å². The molecule has 0 fully saturated rings. The van der Waals surface area contributed by atoms with E-state index in [0.717, 1.165) is 16.3 Å². The van der Waals surface area contributed by atoms with Crippen molar-refractivity contribution in [3.63, 3.8) is 0 Å². The quantitative estimate of drug-likeness (QED) is 0.717. The van der Waals surface area contributed by atoms with Gasteiger partial charge in [0.1, 0.15) is 12.4 Å². The van der Waals surface area contributed by atoms with Crippen molar-refractivity contribution in [2.24, 2.45) is 0 Å². The fourth-order valence-electron chi connectivity index (χ4n) is 1.59. The predicted octanol–water partition coefficient (Wildman–Crippen LogP) is 2.97. The molecule has 2 rings (SSSR count). The lowest BCUT2D eigenvalue weighted by molar-refractivity contribution is 0.202. The van der Waals surface area contributed by atoms with Gasteiger partial charge in [-0.05, 0) is 23.6 Å². The molecule has 0 bridgehead atoms. The second-order valence-corrected chi connectivity index (χ2v) is 5.08. The second kappa shape index (κ2) is 6.65. The van der Waals surface area contributed by atoms with Crippen LogP contribution in [-0.4, -0.2) is 18.3 Å². The largest absolute Gasteiger partial charge is 0.489 e. The Labute approximate surface area is 120 Å². The van der Waals surface area contributed by atoms with Gasteiger partial charge in [0.15, 0.2) is 0 Å². The number of aliphatic hydroxyl groups is 1. The average Bonchev–Trinajstić information content (AvgIpc) is 2.81. The molecule has 0 saturated heterocycles. The molecule has 1 aromatic carbocycles. The highest BCUT2D eigenvalue weighted by Crippen LogP contribution is 2.29. The molecule has 4 N–H and O–H groups in total. The SMILES string of the molecule is Nc1ccc(OCCO)c(NCc2cscc2Cl)c1. The molecule has 4 nitrogen and oxygen atoms in total. The molecule has 0 amide bonds. The lowest BCUT2D eigenvalue weighted by atomic mass is 10.2.